The van der Waals surface area contributed by atoms with Gasteiger partial charge < -0.3 is 4.74 Å². The van der Waals surface area contributed by atoms with Gasteiger partial charge in [-0.1, -0.05) is 48.5 Å². The summed E-state index contributed by atoms with van der Waals surface area (Å²) < 4.78 is 5.87. The molecule has 1 aliphatic heterocycles. The first kappa shape index (κ1) is 16.5. The lowest BCUT2D eigenvalue weighted by atomic mass is 9.85. The summed E-state index contributed by atoms with van der Waals surface area (Å²) in [5.74, 6) is 0. The minimum absolute atomic E-state index is 0.187. The number of benzene rings is 3. The van der Waals surface area contributed by atoms with Crippen molar-refractivity contribution in [2.24, 2.45) is 0 Å². The van der Waals surface area contributed by atoms with Crippen molar-refractivity contribution in [3.8, 4) is 0 Å². The zero-order chi connectivity index (χ0) is 18.2. The number of thioether (sulfide) groups is 1. The molecule has 0 aromatic heterocycles. The SMILES string of the molecule is O=C(OC1CCCc2c1ccc1c2ccc2ccccc21)N1C=CSC=C1. The molecule has 0 saturated carbocycles. The first-order chi connectivity index (χ1) is 13.3. The Bertz CT molecular complexity index is 1090. The first-order valence-corrected chi connectivity index (χ1v) is 10.2. The van der Waals surface area contributed by atoms with Crippen LogP contribution in [0.3, 0.4) is 0 Å². The quantitative estimate of drug-likeness (QED) is 0.456. The van der Waals surface area contributed by atoms with Gasteiger partial charge in [-0.05, 0) is 62.8 Å². The number of hydrogen-bond donors (Lipinski definition) is 0. The van der Waals surface area contributed by atoms with Crippen LogP contribution >= 0.6 is 11.8 Å². The predicted octanol–water partition coefficient (Wildman–Crippen LogP) is 6.50. The van der Waals surface area contributed by atoms with Crippen molar-refractivity contribution >= 4 is 39.4 Å². The van der Waals surface area contributed by atoms with Crippen molar-refractivity contribution < 1.29 is 9.53 Å². The van der Waals surface area contributed by atoms with Gasteiger partial charge in [0.05, 0.1) is 0 Å². The van der Waals surface area contributed by atoms with Crippen LogP contribution in [0.4, 0.5) is 4.79 Å². The Hall–Kier alpha value is -2.72. The fraction of sp³-hybridized carbons (Fsp3) is 0.174. The second-order valence-electron chi connectivity index (χ2n) is 6.89. The average Bonchev–Trinajstić information content (AvgIpc) is 2.74. The Morgan fingerprint density at radius 3 is 2.67 bits per heavy atom. The van der Waals surface area contributed by atoms with Crippen LogP contribution in [-0.2, 0) is 11.2 Å². The highest BCUT2D eigenvalue weighted by Gasteiger charge is 2.26. The summed E-state index contributed by atoms with van der Waals surface area (Å²) in [6.45, 7) is 0. The summed E-state index contributed by atoms with van der Waals surface area (Å²) in [5.41, 5.74) is 2.47. The van der Waals surface area contributed by atoms with Crippen LogP contribution in [-0.4, -0.2) is 11.0 Å². The number of rotatable bonds is 1. The maximum absolute atomic E-state index is 12.5. The van der Waals surface area contributed by atoms with Crippen molar-refractivity contribution in [1.29, 1.82) is 0 Å². The molecule has 3 nitrogen and oxygen atoms in total. The van der Waals surface area contributed by atoms with Gasteiger partial charge in [0.25, 0.3) is 0 Å². The molecule has 3 aromatic carbocycles. The van der Waals surface area contributed by atoms with Crippen LogP contribution in [0, 0.1) is 0 Å². The standard InChI is InChI=1S/C23H19NO2S/c25-23(24-12-14-27-15-13-24)26-22-7-3-6-18-20-9-8-16-4-1-2-5-17(16)19(20)10-11-21(18)22/h1-2,4-5,8-15,22H,3,6-7H2. The Kier molecular flexibility index (Phi) is 4.13. The van der Waals surface area contributed by atoms with Gasteiger partial charge in [0, 0.05) is 12.4 Å². The summed E-state index contributed by atoms with van der Waals surface area (Å²) in [7, 11) is 0. The van der Waals surface area contributed by atoms with E-state index >= 15 is 0 Å². The molecule has 2 aliphatic rings. The van der Waals surface area contributed by atoms with Gasteiger partial charge in [-0.15, -0.1) is 11.8 Å². The average molecular weight is 373 g/mol. The van der Waals surface area contributed by atoms with Gasteiger partial charge in [0.2, 0.25) is 0 Å². The van der Waals surface area contributed by atoms with Gasteiger partial charge in [0.1, 0.15) is 6.10 Å². The van der Waals surface area contributed by atoms with E-state index in [-0.39, 0.29) is 12.2 Å². The van der Waals surface area contributed by atoms with Crippen molar-refractivity contribution in [1.82, 2.24) is 4.90 Å². The maximum Gasteiger partial charge on any atom is 0.418 e. The molecule has 0 bridgehead atoms. The molecule has 0 saturated heterocycles. The molecule has 3 aromatic rings. The topological polar surface area (TPSA) is 29.5 Å². The molecular weight excluding hydrogens is 354 g/mol. The van der Waals surface area contributed by atoms with Crippen molar-refractivity contribution in [3.05, 3.63) is 82.9 Å². The number of fused-ring (bicyclic) bond motifs is 5. The van der Waals surface area contributed by atoms with Gasteiger partial charge in [-0.3, -0.25) is 4.90 Å². The Balaban J connectivity index is 1.54. The summed E-state index contributed by atoms with van der Waals surface area (Å²) in [6.07, 6.45) is 5.89. The van der Waals surface area contributed by atoms with E-state index in [1.165, 1.54) is 32.0 Å². The van der Waals surface area contributed by atoms with E-state index in [9.17, 15) is 4.79 Å². The first-order valence-electron chi connectivity index (χ1n) is 9.22. The molecule has 5 rings (SSSR count). The van der Waals surface area contributed by atoms with Gasteiger partial charge >= 0.3 is 6.09 Å². The van der Waals surface area contributed by atoms with E-state index in [0.29, 0.717) is 0 Å². The van der Waals surface area contributed by atoms with Crippen molar-refractivity contribution in [2.45, 2.75) is 25.4 Å². The van der Waals surface area contributed by atoms with Crippen molar-refractivity contribution in [2.75, 3.05) is 0 Å². The number of aryl methyl sites for hydroxylation is 1. The van der Waals surface area contributed by atoms with Gasteiger partial charge in [0.15, 0.2) is 0 Å². The van der Waals surface area contributed by atoms with Crippen LogP contribution in [0.25, 0.3) is 21.5 Å². The normalized spacial score (nSPS) is 18.7. The Labute approximate surface area is 162 Å². The second kappa shape index (κ2) is 6.78. The highest BCUT2D eigenvalue weighted by Crippen LogP contribution is 2.39. The molecular formula is C23H19NO2S. The number of hydrogen-bond acceptors (Lipinski definition) is 3. The molecule has 1 heterocycles. The second-order valence-corrected chi connectivity index (χ2v) is 7.71. The molecule has 4 heteroatoms. The van der Waals surface area contributed by atoms with Crippen LogP contribution < -0.4 is 0 Å². The lowest BCUT2D eigenvalue weighted by Crippen LogP contribution is -2.25. The molecule has 1 amide bonds. The minimum Gasteiger partial charge on any atom is -0.441 e. The van der Waals surface area contributed by atoms with E-state index in [1.54, 1.807) is 24.2 Å². The van der Waals surface area contributed by atoms with Crippen LogP contribution in [0.2, 0.25) is 0 Å². The summed E-state index contributed by atoms with van der Waals surface area (Å²) >= 11 is 1.54. The zero-order valence-corrected chi connectivity index (χ0v) is 15.6. The maximum atomic E-state index is 12.5. The number of amides is 1. The molecule has 1 unspecified atom stereocenters. The van der Waals surface area contributed by atoms with Crippen LogP contribution in [0.1, 0.15) is 30.1 Å². The lowest BCUT2D eigenvalue weighted by Gasteiger charge is -2.28. The number of carbonyl (C=O) groups excluding carboxylic acids is 1. The molecule has 27 heavy (non-hydrogen) atoms. The fourth-order valence-electron chi connectivity index (χ4n) is 4.09. The van der Waals surface area contributed by atoms with E-state index in [2.05, 4.69) is 48.5 Å². The summed E-state index contributed by atoms with van der Waals surface area (Å²) in [4.78, 5) is 14.0. The molecule has 0 spiro atoms. The number of ether oxygens (including phenoxy) is 1. The van der Waals surface area contributed by atoms with Gasteiger partial charge in [-0.2, -0.15) is 0 Å². The Morgan fingerprint density at radius 2 is 1.78 bits per heavy atom. The molecule has 0 N–H and O–H groups in total. The largest absolute Gasteiger partial charge is 0.441 e. The highest BCUT2D eigenvalue weighted by atomic mass is 32.2. The summed E-state index contributed by atoms with van der Waals surface area (Å²) in [5, 5.41) is 8.82. The fourth-order valence-corrected chi connectivity index (χ4v) is 4.58. The smallest absolute Gasteiger partial charge is 0.418 e. The lowest BCUT2D eigenvalue weighted by molar-refractivity contribution is 0.0729. The number of carbonyl (C=O) groups is 1. The third-order valence-corrected chi connectivity index (χ3v) is 5.93. The number of nitrogens with zero attached hydrogens (tertiary/aromatic N) is 1. The zero-order valence-electron chi connectivity index (χ0n) is 14.8. The molecule has 134 valence electrons. The monoisotopic (exact) mass is 373 g/mol. The van der Waals surface area contributed by atoms with Crippen LogP contribution in [0.15, 0.2) is 71.7 Å². The molecule has 0 radical (unpaired) electrons. The summed E-state index contributed by atoms with van der Waals surface area (Å²) in [6, 6.07) is 17.2. The van der Waals surface area contributed by atoms with E-state index in [4.69, 9.17) is 4.74 Å². The van der Waals surface area contributed by atoms with Gasteiger partial charge in [-0.25, -0.2) is 4.79 Å². The third kappa shape index (κ3) is 2.90. The van der Waals surface area contributed by atoms with E-state index < -0.39 is 0 Å². The van der Waals surface area contributed by atoms with E-state index in [0.717, 1.165) is 24.8 Å². The van der Waals surface area contributed by atoms with Crippen molar-refractivity contribution in [3.63, 3.8) is 0 Å². The highest BCUT2D eigenvalue weighted by molar-refractivity contribution is 8.04. The molecule has 0 fully saturated rings. The molecule has 1 aliphatic carbocycles. The predicted molar refractivity (Wildman–Crippen MR) is 111 cm³/mol. The molecule has 1 atom stereocenters. The third-order valence-electron chi connectivity index (χ3n) is 5.37. The Morgan fingerprint density at radius 1 is 0.963 bits per heavy atom. The van der Waals surface area contributed by atoms with E-state index in [1.807, 2.05) is 10.8 Å². The van der Waals surface area contributed by atoms with Crippen LogP contribution in [0.5, 0.6) is 0 Å². The minimum atomic E-state index is -0.320.